The molecule has 0 amide bonds. The number of halogens is 1. The normalized spacial score (nSPS) is 37.5. The van der Waals surface area contributed by atoms with Crippen LogP contribution in [0.2, 0.25) is 0 Å². The van der Waals surface area contributed by atoms with Gasteiger partial charge in [0.2, 0.25) is 0 Å². The van der Waals surface area contributed by atoms with Gasteiger partial charge in [-0.05, 0) is 18.8 Å². The topological polar surface area (TPSA) is 0 Å². The van der Waals surface area contributed by atoms with E-state index in [2.05, 4.69) is 26.0 Å². The lowest BCUT2D eigenvalue weighted by molar-refractivity contribution is 0.209. The minimum Gasteiger partial charge on any atom is -0.247 e. The van der Waals surface area contributed by atoms with Crippen molar-refractivity contribution in [3.63, 3.8) is 0 Å². The first-order valence-corrected chi connectivity index (χ1v) is 4.56. The maximum absolute atomic E-state index is 13.2. The van der Waals surface area contributed by atoms with E-state index in [1.54, 1.807) is 0 Å². The van der Waals surface area contributed by atoms with Gasteiger partial charge in [-0.2, -0.15) is 0 Å². The van der Waals surface area contributed by atoms with Crippen molar-refractivity contribution in [3.8, 4) is 0 Å². The standard InChI is InChI=1S/C10H17F/c1-3-4-9-6-5-8(2)7-10(9)11/h5-6,8-10H,3-4,7H2,1-2H3. The second kappa shape index (κ2) is 3.89. The predicted octanol–water partition coefficient (Wildman–Crippen LogP) is 3.34. The summed E-state index contributed by atoms with van der Waals surface area (Å²) in [7, 11) is 0. The van der Waals surface area contributed by atoms with Crippen molar-refractivity contribution in [2.45, 2.75) is 39.3 Å². The van der Waals surface area contributed by atoms with Crippen LogP contribution in [0.1, 0.15) is 33.1 Å². The van der Waals surface area contributed by atoms with Gasteiger partial charge in [0.05, 0.1) is 0 Å². The minimum atomic E-state index is -0.588. The van der Waals surface area contributed by atoms with E-state index in [0.717, 1.165) is 19.3 Å². The molecule has 0 aromatic carbocycles. The van der Waals surface area contributed by atoms with E-state index in [1.165, 1.54) is 0 Å². The van der Waals surface area contributed by atoms with Crippen LogP contribution in [0, 0.1) is 11.8 Å². The summed E-state index contributed by atoms with van der Waals surface area (Å²) in [6.07, 6.45) is 6.43. The first kappa shape index (κ1) is 8.76. The highest BCUT2D eigenvalue weighted by Crippen LogP contribution is 2.27. The Balaban J connectivity index is 2.46. The predicted molar refractivity (Wildman–Crippen MR) is 46.2 cm³/mol. The van der Waals surface area contributed by atoms with Gasteiger partial charge >= 0.3 is 0 Å². The van der Waals surface area contributed by atoms with Crippen molar-refractivity contribution in [1.82, 2.24) is 0 Å². The molecular weight excluding hydrogens is 139 g/mol. The monoisotopic (exact) mass is 156 g/mol. The van der Waals surface area contributed by atoms with Gasteiger partial charge in [0.1, 0.15) is 6.17 Å². The van der Waals surface area contributed by atoms with Crippen LogP contribution in [0.3, 0.4) is 0 Å². The molecule has 3 unspecified atom stereocenters. The lowest BCUT2D eigenvalue weighted by atomic mass is 9.85. The molecule has 0 aliphatic heterocycles. The Hall–Kier alpha value is -0.330. The van der Waals surface area contributed by atoms with Crippen LogP contribution in [-0.4, -0.2) is 6.17 Å². The number of hydrogen-bond donors (Lipinski definition) is 0. The van der Waals surface area contributed by atoms with Crippen LogP contribution in [0.25, 0.3) is 0 Å². The second-order valence-corrected chi connectivity index (χ2v) is 3.57. The van der Waals surface area contributed by atoms with Crippen LogP contribution in [0.4, 0.5) is 4.39 Å². The zero-order chi connectivity index (χ0) is 8.27. The number of rotatable bonds is 2. The first-order valence-electron chi connectivity index (χ1n) is 4.56. The molecule has 0 aromatic rings. The Morgan fingerprint density at radius 2 is 2.18 bits per heavy atom. The van der Waals surface area contributed by atoms with Gasteiger partial charge in [-0.15, -0.1) is 0 Å². The van der Waals surface area contributed by atoms with E-state index < -0.39 is 6.17 Å². The van der Waals surface area contributed by atoms with Gasteiger partial charge in [0, 0.05) is 5.92 Å². The fourth-order valence-corrected chi connectivity index (χ4v) is 1.67. The lowest BCUT2D eigenvalue weighted by Crippen LogP contribution is -2.20. The molecule has 0 nitrogen and oxygen atoms in total. The molecule has 0 radical (unpaired) electrons. The average molecular weight is 156 g/mol. The molecule has 0 spiro atoms. The van der Waals surface area contributed by atoms with Gasteiger partial charge < -0.3 is 0 Å². The summed E-state index contributed by atoms with van der Waals surface area (Å²) in [4.78, 5) is 0. The molecule has 11 heavy (non-hydrogen) atoms. The Labute approximate surface area is 68.5 Å². The fraction of sp³-hybridized carbons (Fsp3) is 0.800. The zero-order valence-corrected chi connectivity index (χ0v) is 7.39. The number of alkyl halides is 1. The smallest absolute Gasteiger partial charge is 0.107 e. The fourth-order valence-electron chi connectivity index (χ4n) is 1.67. The van der Waals surface area contributed by atoms with E-state index in [-0.39, 0.29) is 5.92 Å². The molecular formula is C10H17F. The zero-order valence-electron chi connectivity index (χ0n) is 7.39. The molecule has 64 valence electrons. The van der Waals surface area contributed by atoms with Crippen molar-refractivity contribution < 1.29 is 4.39 Å². The van der Waals surface area contributed by atoms with E-state index in [9.17, 15) is 4.39 Å². The highest BCUT2D eigenvalue weighted by atomic mass is 19.1. The van der Waals surface area contributed by atoms with Crippen LogP contribution in [0.5, 0.6) is 0 Å². The maximum atomic E-state index is 13.2. The maximum Gasteiger partial charge on any atom is 0.107 e. The molecule has 3 atom stereocenters. The van der Waals surface area contributed by atoms with Gasteiger partial charge in [-0.25, -0.2) is 4.39 Å². The van der Waals surface area contributed by atoms with Crippen molar-refractivity contribution >= 4 is 0 Å². The molecule has 0 N–H and O–H groups in total. The Bertz CT molecular complexity index is 140. The van der Waals surface area contributed by atoms with Crippen molar-refractivity contribution in [2.24, 2.45) is 11.8 Å². The van der Waals surface area contributed by atoms with Gasteiger partial charge in [-0.3, -0.25) is 0 Å². The van der Waals surface area contributed by atoms with E-state index >= 15 is 0 Å². The molecule has 1 aliphatic carbocycles. The highest BCUT2D eigenvalue weighted by molar-refractivity contribution is 5.00. The van der Waals surface area contributed by atoms with Crippen LogP contribution in [-0.2, 0) is 0 Å². The Morgan fingerprint density at radius 3 is 2.73 bits per heavy atom. The van der Waals surface area contributed by atoms with E-state index in [0.29, 0.717) is 5.92 Å². The van der Waals surface area contributed by atoms with E-state index in [1.807, 2.05) is 0 Å². The van der Waals surface area contributed by atoms with Crippen LogP contribution in [0.15, 0.2) is 12.2 Å². The number of hydrogen-bond acceptors (Lipinski definition) is 0. The lowest BCUT2D eigenvalue weighted by Gasteiger charge is -2.24. The van der Waals surface area contributed by atoms with E-state index in [4.69, 9.17) is 0 Å². The third kappa shape index (κ3) is 2.32. The molecule has 0 bridgehead atoms. The molecule has 0 aromatic heterocycles. The Kier molecular flexibility index (Phi) is 3.10. The average Bonchev–Trinajstić information content (AvgIpc) is 1.95. The second-order valence-electron chi connectivity index (χ2n) is 3.57. The van der Waals surface area contributed by atoms with Gasteiger partial charge in [0.25, 0.3) is 0 Å². The highest BCUT2D eigenvalue weighted by Gasteiger charge is 2.22. The summed E-state index contributed by atoms with van der Waals surface area (Å²) < 4.78 is 13.2. The Morgan fingerprint density at radius 1 is 1.45 bits per heavy atom. The summed E-state index contributed by atoms with van der Waals surface area (Å²) >= 11 is 0. The SMILES string of the molecule is CCCC1C=CC(C)CC1F. The third-order valence-corrected chi connectivity index (χ3v) is 2.37. The molecule has 0 fully saturated rings. The number of allylic oxidation sites excluding steroid dienone is 2. The van der Waals surface area contributed by atoms with Gasteiger partial charge in [0.15, 0.2) is 0 Å². The third-order valence-electron chi connectivity index (χ3n) is 2.37. The summed E-state index contributed by atoms with van der Waals surface area (Å²) in [6.45, 7) is 4.18. The van der Waals surface area contributed by atoms with Crippen molar-refractivity contribution in [3.05, 3.63) is 12.2 Å². The summed E-state index contributed by atoms with van der Waals surface area (Å²) in [6, 6.07) is 0. The molecule has 0 heterocycles. The molecule has 0 saturated heterocycles. The molecule has 0 saturated carbocycles. The van der Waals surface area contributed by atoms with Crippen molar-refractivity contribution in [2.75, 3.05) is 0 Å². The molecule has 1 aliphatic rings. The van der Waals surface area contributed by atoms with Crippen LogP contribution < -0.4 is 0 Å². The molecule has 1 rings (SSSR count). The minimum absolute atomic E-state index is 0.205. The van der Waals surface area contributed by atoms with Gasteiger partial charge in [-0.1, -0.05) is 32.4 Å². The van der Waals surface area contributed by atoms with Crippen molar-refractivity contribution in [1.29, 1.82) is 0 Å². The first-order chi connectivity index (χ1) is 5.24. The van der Waals surface area contributed by atoms with Crippen LogP contribution >= 0.6 is 0 Å². The largest absolute Gasteiger partial charge is 0.247 e. The summed E-state index contributed by atoms with van der Waals surface area (Å²) in [5.74, 6) is 0.648. The summed E-state index contributed by atoms with van der Waals surface area (Å²) in [5, 5.41) is 0. The molecule has 1 heteroatoms. The summed E-state index contributed by atoms with van der Waals surface area (Å²) in [5.41, 5.74) is 0. The quantitative estimate of drug-likeness (QED) is 0.538.